The van der Waals surface area contributed by atoms with Crippen molar-refractivity contribution < 1.29 is 0 Å². The van der Waals surface area contributed by atoms with Crippen molar-refractivity contribution in [3.05, 3.63) is 48.0 Å². The lowest BCUT2D eigenvalue weighted by Crippen LogP contribution is -2.01. The molecule has 1 aromatic carbocycles. The lowest BCUT2D eigenvalue weighted by molar-refractivity contribution is 0.514. The van der Waals surface area contributed by atoms with E-state index in [1.807, 2.05) is 6.08 Å². The van der Waals surface area contributed by atoms with E-state index in [9.17, 15) is 0 Å². The molecule has 0 saturated heterocycles. The van der Waals surface area contributed by atoms with Gasteiger partial charge in [0.2, 0.25) is 0 Å². The van der Waals surface area contributed by atoms with Gasteiger partial charge in [0.15, 0.2) is 0 Å². The van der Waals surface area contributed by atoms with Crippen LogP contribution in [0.1, 0.15) is 30.9 Å². The van der Waals surface area contributed by atoms with Crippen molar-refractivity contribution in [2.75, 3.05) is 0 Å². The maximum absolute atomic E-state index is 3.80. The lowest BCUT2D eigenvalue weighted by Gasteiger charge is -2.12. The van der Waals surface area contributed by atoms with Gasteiger partial charge >= 0.3 is 0 Å². The molecule has 0 saturated carbocycles. The first-order chi connectivity index (χ1) is 6.76. The van der Waals surface area contributed by atoms with E-state index in [-0.39, 0.29) is 0 Å². The van der Waals surface area contributed by atoms with Crippen LogP contribution in [0, 0.1) is 12.8 Å². The Hall–Kier alpha value is -1.04. The second-order valence-corrected chi connectivity index (χ2v) is 3.99. The van der Waals surface area contributed by atoms with Crippen LogP contribution in [0.2, 0.25) is 0 Å². The molecular weight excluding hydrogens is 168 g/mol. The number of hydrogen-bond donors (Lipinski definition) is 0. The third-order valence-electron chi connectivity index (χ3n) is 2.72. The molecule has 0 radical (unpaired) electrons. The van der Waals surface area contributed by atoms with Crippen LogP contribution in [0.5, 0.6) is 0 Å². The third-order valence-corrected chi connectivity index (χ3v) is 2.72. The van der Waals surface area contributed by atoms with E-state index in [4.69, 9.17) is 0 Å². The number of benzene rings is 1. The van der Waals surface area contributed by atoms with Gasteiger partial charge in [-0.05, 0) is 31.2 Å². The highest BCUT2D eigenvalue weighted by Crippen LogP contribution is 2.16. The van der Waals surface area contributed by atoms with E-state index in [2.05, 4.69) is 44.7 Å². The summed E-state index contributed by atoms with van der Waals surface area (Å²) in [5.41, 5.74) is 2.79. The minimum atomic E-state index is 0.759. The van der Waals surface area contributed by atoms with E-state index in [1.165, 1.54) is 24.0 Å². The van der Waals surface area contributed by atoms with Crippen molar-refractivity contribution in [2.24, 2.45) is 5.92 Å². The summed E-state index contributed by atoms with van der Waals surface area (Å²) in [6.07, 6.45) is 5.58. The zero-order valence-electron chi connectivity index (χ0n) is 9.29. The molecule has 0 aromatic heterocycles. The molecule has 1 aromatic rings. The molecule has 0 aliphatic carbocycles. The fraction of sp³-hybridized carbons (Fsp3) is 0.429. The van der Waals surface area contributed by atoms with Crippen molar-refractivity contribution in [1.29, 1.82) is 0 Å². The smallest absolute Gasteiger partial charge is 0.0248 e. The van der Waals surface area contributed by atoms with Gasteiger partial charge < -0.3 is 0 Å². The van der Waals surface area contributed by atoms with Crippen LogP contribution in [0.3, 0.4) is 0 Å². The van der Waals surface area contributed by atoms with Crippen LogP contribution in [-0.4, -0.2) is 0 Å². The summed E-state index contributed by atoms with van der Waals surface area (Å²) in [4.78, 5) is 0. The maximum Gasteiger partial charge on any atom is -0.0248 e. The minimum Gasteiger partial charge on any atom is -0.103 e. The standard InChI is InChI=1S/C14H20/c1-4-6-13(5-2)11-14-9-7-12(3)8-10-14/h4,7-10,13H,1,5-6,11H2,2-3H3. The predicted octanol–water partition coefficient (Wildman–Crippen LogP) is 4.14. The summed E-state index contributed by atoms with van der Waals surface area (Å²) in [5.74, 6) is 0.759. The molecule has 0 nitrogen and oxygen atoms in total. The first kappa shape index (κ1) is 11.0. The highest BCUT2D eigenvalue weighted by molar-refractivity contribution is 5.21. The zero-order valence-corrected chi connectivity index (χ0v) is 9.29. The highest BCUT2D eigenvalue weighted by Gasteiger charge is 2.04. The van der Waals surface area contributed by atoms with E-state index in [0.29, 0.717) is 0 Å². The third kappa shape index (κ3) is 3.37. The maximum atomic E-state index is 3.80. The molecule has 0 aliphatic heterocycles. The quantitative estimate of drug-likeness (QED) is 0.609. The number of aryl methyl sites for hydroxylation is 1. The Balaban J connectivity index is 2.57. The van der Waals surface area contributed by atoms with Gasteiger partial charge in [-0.2, -0.15) is 0 Å². The summed E-state index contributed by atoms with van der Waals surface area (Å²) >= 11 is 0. The second-order valence-electron chi connectivity index (χ2n) is 3.99. The molecular formula is C14H20. The fourth-order valence-corrected chi connectivity index (χ4v) is 1.69. The number of hydrogen-bond acceptors (Lipinski definition) is 0. The van der Waals surface area contributed by atoms with Gasteiger partial charge in [0.05, 0.1) is 0 Å². The molecule has 0 aliphatic rings. The molecule has 0 heterocycles. The average molecular weight is 188 g/mol. The van der Waals surface area contributed by atoms with Crippen LogP contribution < -0.4 is 0 Å². The summed E-state index contributed by atoms with van der Waals surface area (Å²) < 4.78 is 0. The van der Waals surface area contributed by atoms with Crippen molar-refractivity contribution in [1.82, 2.24) is 0 Å². The molecule has 1 rings (SSSR count). The molecule has 0 N–H and O–H groups in total. The Bertz CT molecular complexity index is 269. The van der Waals surface area contributed by atoms with Gasteiger partial charge in [-0.25, -0.2) is 0 Å². The van der Waals surface area contributed by atoms with Gasteiger partial charge in [0, 0.05) is 0 Å². The summed E-state index contributed by atoms with van der Waals surface area (Å²) in [7, 11) is 0. The fourth-order valence-electron chi connectivity index (χ4n) is 1.69. The summed E-state index contributed by atoms with van der Waals surface area (Å²) in [6.45, 7) is 8.19. The lowest BCUT2D eigenvalue weighted by atomic mass is 9.93. The average Bonchev–Trinajstić information content (AvgIpc) is 2.20. The Labute approximate surface area is 87.7 Å². The molecule has 1 atom stereocenters. The van der Waals surface area contributed by atoms with Gasteiger partial charge in [0.1, 0.15) is 0 Å². The molecule has 76 valence electrons. The van der Waals surface area contributed by atoms with E-state index < -0.39 is 0 Å². The molecule has 14 heavy (non-hydrogen) atoms. The Morgan fingerprint density at radius 3 is 2.43 bits per heavy atom. The van der Waals surface area contributed by atoms with Gasteiger partial charge in [0.25, 0.3) is 0 Å². The summed E-state index contributed by atoms with van der Waals surface area (Å²) in [6, 6.07) is 8.86. The molecule has 1 unspecified atom stereocenters. The Morgan fingerprint density at radius 1 is 1.29 bits per heavy atom. The first-order valence-electron chi connectivity index (χ1n) is 5.42. The molecule has 0 amide bonds. The predicted molar refractivity (Wildman–Crippen MR) is 63.5 cm³/mol. The topological polar surface area (TPSA) is 0 Å². The monoisotopic (exact) mass is 188 g/mol. The first-order valence-corrected chi connectivity index (χ1v) is 5.42. The zero-order chi connectivity index (χ0) is 10.4. The Kier molecular flexibility index (Phi) is 4.45. The van der Waals surface area contributed by atoms with E-state index >= 15 is 0 Å². The largest absolute Gasteiger partial charge is 0.103 e. The molecule has 0 heteroatoms. The Morgan fingerprint density at radius 2 is 1.93 bits per heavy atom. The SMILES string of the molecule is C=CCC(CC)Cc1ccc(C)cc1. The number of rotatable bonds is 5. The van der Waals surface area contributed by atoms with Crippen molar-refractivity contribution >= 4 is 0 Å². The molecule has 0 fully saturated rings. The van der Waals surface area contributed by atoms with Gasteiger partial charge in [-0.3, -0.25) is 0 Å². The van der Waals surface area contributed by atoms with Crippen molar-refractivity contribution in [2.45, 2.75) is 33.1 Å². The van der Waals surface area contributed by atoms with E-state index in [1.54, 1.807) is 0 Å². The molecule has 0 spiro atoms. The van der Waals surface area contributed by atoms with Gasteiger partial charge in [-0.15, -0.1) is 6.58 Å². The van der Waals surface area contributed by atoms with Crippen molar-refractivity contribution in [3.8, 4) is 0 Å². The number of allylic oxidation sites excluding steroid dienone is 1. The van der Waals surface area contributed by atoms with Crippen LogP contribution >= 0.6 is 0 Å². The summed E-state index contributed by atoms with van der Waals surface area (Å²) in [5, 5.41) is 0. The van der Waals surface area contributed by atoms with Crippen LogP contribution in [-0.2, 0) is 6.42 Å². The normalized spacial score (nSPS) is 12.4. The van der Waals surface area contributed by atoms with Crippen LogP contribution in [0.15, 0.2) is 36.9 Å². The van der Waals surface area contributed by atoms with Crippen LogP contribution in [0.4, 0.5) is 0 Å². The second kappa shape index (κ2) is 5.64. The molecule has 0 bridgehead atoms. The minimum absolute atomic E-state index is 0.759. The van der Waals surface area contributed by atoms with Crippen LogP contribution in [0.25, 0.3) is 0 Å². The highest BCUT2D eigenvalue weighted by atomic mass is 14.1. The van der Waals surface area contributed by atoms with Gasteiger partial charge in [-0.1, -0.05) is 49.2 Å². The van der Waals surface area contributed by atoms with E-state index in [0.717, 1.165) is 12.3 Å². The van der Waals surface area contributed by atoms with Crippen molar-refractivity contribution in [3.63, 3.8) is 0 Å².